The van der Waals surface area contributed by atoms with E-state index in [-0.39, 0.29) is 30.6 Å². The zero-order valence-electron chi connectivity index (χ0n) is 27.6. The van der Waals surface area contributed by atoms with Crippen LogP contribution in [0.5, 0.6) is 11.5 Å². The van der Waals surface area contributed by atoms with Gasteiger partial charge in [0.1, 0.15) is 0 Å². The summed E-state index contributed by atoms with van der Waals surface area (Å²) in [5, 5.41) is 12.5. The van der Waals surface area contributed by atoms with Crippen molar-refractivity contribution < 1.29 is 28.8 Å². The quantitative estimate of drug-likeness (QED) is 0.210. The van der Waals surface area contributed by atoms with Gasteiger partial charge in [0.2, 0.25) is 5.91 Å². The Balaban J connectivity index is 1.27. The van der Waals surface area contributed by atoms with Crippen molar-refractivity contribution in [1.29, 1.82) is 0 Å². The first kappa shape index (κ1) is 32.7. The summed E-state index contributed by atoms with van der Waals surface area (Å²) in [5.74, 6) is 1.53. The van der Waals surface area contributed by atoms with Gasteiger partial charge in [-0.05, 0) is 69.6 Å². The average molecular weight is 637 g/mol. The van der Waals surface area contributed by atoms with Crippen molar-refractivity contribution in [2.45, 2.75) is 58.5 Å². The highest BCUT2D eigenvalue weighted by Gasteiger charge is 2.39. The number of nitrogens with zero attached hydrogens (tertiary/aromatic N) is 1. The molecule has 4 atom stereocenters. The smallest absolute Gasteiger partial charge is 0.217 e. The first-order valence-electron chi connectivity index (χ1n) is 16.3. The van der Waals surface area contributed by atoms with E-state index in [9.17, 15) is 9.90 Å². The lowest BCUT2D eigenvalue weighted by Gasteiger charge is -2.43. The normalized spacial score (nSPS) is 21.1. The number of hydrogen-bond donors (Lipinski definition) is 2. The van der Waals surface area contributed by atoms with Crippen molar-refractivity contribution >= 4 is 5.91 Å². The number of amides is 1. The lowest BCUT2D eigenvalue weighted by molar-refractivity contribution is -0.276. The molecule has 2 heterocycles. The summed E-state index contributed by atoms with van der Waals surface area (Å²) in [4.78, 5) is 13.9. The maximum atomic E-state index is 11.5. The van der Waals surface area contributed by atoms with Crippen LogP contribution in [0.25, 0.3) is 11.1 Å². The Kier molecular flexibility index (Phi) is 10.2. The molecular weight excluding hydrogens is 592 g/mol. The van der Waals surface area contributed by atoms with Gasteiger partial charge in [-0.15, -0.1) is 0 Å². The third-order valence-electron chi connectivity index (χ3n) is 9.32. The molecule has 6 rings (SSSR count). The number of fused-ring (bicyclic) bond motifs is 1. The van der Waals surface area contributed by atoms with Crippen molar-refractivity contribution in [3.63, 3.8) is 0 Å². The van der Waals surface area contributed by atoms with Gasteiger partial charge in [0.15, 0.2) is 17.8 Å². The van der Waals surface area contributed by atoms with Crippen LogP contribution in [0.4, 0.5) is 0 Å². The van der Waals surface area contributed by atoms with E-state index in [1.165, 1.54) is 18.1 Å². The highest BCUT2D eigenvalue weighted by atomic mass is 16.7. The fraction of sp³-hybridized carbons (Fsp3) is 0.359. The summed E-state index contributed by atoms with van der Waals surface area (Å²) >= 11 is 0. The Hall–Kier alpha value is -4.21. The monoisotopic (exact) mass is 636 g/mol. The molecule has 2 aliphatic heterocycles. The molecule has 0 unspecified atom stereocenters. The summed E-state index contributed by atoms with van der Waals surface area (Å²) in [6, 6.07) is 28.8. The second kappa shape index (κ2) is 14.7. The van der Waals surface area contributed by atoms with E-state index in [1.807, 2.05) is 30.3 Å². The highest BCUT2D eigenvalue weighted by Crippen LogP contribution is 2.43. The SMILES string of the molecule is COc1cc2c(cc1OC)CN(C[C@H]1O[C@@H](c3cccc(-c4cccc(CNC(C)=O)c4)c3)O[C@@H](c3ccc(CO)cc3)[C@H]1C)CC2. The summed E-state index contributed by atoms with van der Waals surface area (Å²) in [7, 11) is 3.35. The molecule has 0 aliphatic carbocycles. The Morgan fingerprint density at radius 3 is 2.28 bits per heavy atom. The average Bonchev–Trinajstić information content (AvgIpc) is 3.11. The van der Waals surface area contributed by atoms with Crippen LogP contribution in [-0.4, -0.2) is 49.3 Å². The molecule has 47 heavy (non-hydrogen) atoms. The van der Waals surface area contributed by atoms with Crippen LogP contribution in [0.15, 0.2) is 84.9 Å². The van der Waals surface area contributed by atoms with Crippen molar-refractivity contribution in [1.82, 2.24) is 10.2 Å². The van der Waals surface area contributed by atoms with E-state index in [0.29, 0.717) is 6.54 Å². The van der Waals surface area contributed by atoms with E-state index in [4.69, 9.17) is 18.9 Å². The second-order valence-corrected chi connectivity index (χ2v) is 12.5. The van der Waals surface area contributed by atoms with Crippen LogP contribution in [-0.2, 0) is 40.4 Å². The Labute approximate surface area is 277 Å². The molecule has 4 aromatic carbocycles. The van der Waals surface area contributed by atoms with Crippen molar-refractivity contribution in [3.8, 4) is 22.6 Å². The van der Waals surface area contributed by atoms with E-state index in [0.717, 1.165) is 70.9 Å². The van der Waals surface area contributed by atoms with Gasteiger partial charge >= 0.3 is 0 Å². The van der Waals surface area contributed by atoms with Crippen molar-refractivity contribution in [3.05, 3.63) is 118 Å². The minimum absolute atomic E-state index is 0.00161. The van der Waals surface area contributed by atoms with Crippen LogP contribution < -0.4 is 14.8 Å². The number of aliphatic hydroxyl groups is 1. The molecule has 246 valence electrons. The molecule has 8 nitrogen and oxygen atoms in total. The minimum Gasteiger partial charge on any atom is -0.493 e. The number of nitrogens with one attached hydrogen (secondary N) is 1. The number of aliphatic hydroxyl groups excluding tert-OH is 1. The van der Waals surface area contributed by atoms with Crippen LogP contribution in [0.1, 0.15) is 59.6 Å². The summed E-state index contributed by atoms with van der Waals surface area (Å²) in [6.07, 6.45) is 0.0639. The fourth-order valence-corrected chi connectivity index (χ4v) is 6.63. The first-order chi connectivity index (χ1) is 22.8. The number of methoxy groups -OCH3 is 2. The van der Waals surface area contributed by atoms with Gasteiger partial charge in [0.25, 0.3) is 0 Å². The maximum Gasteiger partial charge on any atom is 0.217 e. The Bertz CT molecular complexity index is 1690. The van der Waals surface area contributed by atoms with Gasteiger partial charge in [-0.25, -0.2) is 0 Å². The first-order valence-corrected chi connectivity index (χ1v) is 16.3. The zero-order valence-corrected chi connectivity index (χ0v) is 27.6. The van der Waals surface area contributed by atoms with Gasteiger partial charge in [0, 0.05) is 44.6 Å². The van der Waals surface area contributed by atoms with E-state index in [1.54, 1.807) is 14.2 Å². The van der Waals surface area contributed by atoms with E-state index < -0.39 is 6.29 Å². The summed E-state index contributed by atoms with van der Waals surface area (Å²) < 4.78 is 24.8. The number of ether oxygens (including phenoxy) is 4. The molecule has 4 aromatic rings. The second-order valence-electron chi connectivity index (χ2n) is 12.5. The standard InChI is InChI=1S/C39H44N2O6/c1-25-37(23-41-16-15-32-19-35(44-3)36(45-4)20-34(32)22-41)46-39(47-38(25)29-13-11-27(24-42)12-14-29)33-10-6-9-31(18-33)30-8-5-7-28(17-30)21-40-26(2)43/h5-14,17-20,25,37-39,42H,15-16,21-24H2,1-4H3,(H,40,43)/t25-,37+,38+,39+/m0/s1. The number of rotatable bonds is 10. The number of carbonyl (C=O) groups excluding carboxylic acids is 1. The van der Waals surface area contributed by atoms with Crippen LogP contribution >= 0.6 is 0 Å². The van der Waals surface area contributed by atoms with Crippen molar-refractivity contribution in [2.75, 3.05) is 27.3 Å². The van der Waals surface area contributed by atoms with Gasteiger partial charge in [0.05, 0.1) is 33.0 Å². The third kappa shape index (κ3) is 7.52. The molecule has 0 aromatic heterocycles. The minimum atomic E-state index is -0.567. The highest BCUT2D eigenvalue weighted by molar-refractivity contribution is 5.73. The van der Waals surface area contributed by atoms with Crippen LogP contribution in [0.3, 0.4) is 0 Å². The zero-order chi connectivity index (χ0) is 32.9. The number of benzene rings is 4. The Morgan fingerprint density at radius 1 is 0.872 bits per heavy atom. The lowest BCUT2D eigenvalue weighted by Crippen LogP contribution is -2.45. The van der Waals surface area contributed by atoms with Gasteiger partial charge < -0.3 is 29.4 Å². The molecule has 1 fully saturated rings. The molecule has 0 radical (unpaired) electrons. The molecule has 2 N–H and O–H groups in total. The summed E-state index contributed by atoms with van der Waals surface area (Å²) in [6.45, 7) is 6.68. The Morgan fingerprint density at radius 2 is 1.57 bits per heavy atom. The molecule has 2 aliphatic rings. The van der Waals surface area contributed by atoms with E-state index >= 15 is 0 Å². The third-order valence-corrected chi connectivity index (χ3v) is 9.32. The molecule has 0 spiro atoms. The van der Waals surface area contributed by atoms with Gasteiger partial charge in [-0.3, -0.25) is 9.69 Å². The largest absolute Gasteiger partial charge is 0.493 e. The molecule has 0 bridgehead atoms. The van der Waals surface area contributed by atoms with Crippen molar-refractivity contribution in [2.24, 2.45) is 5.92 Å². The van der Waals surface area contributed by atoms with E-state index in [2.05, 4.69) is 71.7 Å². The van der Waals surface area contributed by atoms with Crippen LogP contribution in [0, 0.1) is 5.92 Å². The topological polar surface area (TPSA) is 89.5 Å². The molecule has 1 saturated heterocycles. The molecule has 0 saturated carbocycles. The predicted molar refractivity (Wildman–Crippen MR) is 181 cm³/mol. The van der Waals surface area contributed by atoms with Gasteiger partial charge in [-0.1, -0.05) is 67.6 Å². The number of carbonyl (C=O) groups is 1. The van der Waals surface area contributed by atoms with Crippen LogP contribution in [0.2, 0.25) is 0 Å². The molecule has 8 heteroatoms. The predicted octanol–water partition coefficient (Wildman–Crippen LogP) is 6.35. The fourth-order valence-electron chi connectivity index (χ4n) is 6.63. The summed E-state index contributed by atoms with van der Waals surface area (Å²) in [5.41, 5.74) is 8.56. The van der Waals surface area contributed by atoms with Gasteiger partial charge in [-0.2, -0.15) is 0 Å². The lowest BCUT2D eigenvalue weighted by atomic mass is 9.89. The number of hydrogen-bond acceptors (Lipinski definition) is 7. The molecular formula is C39H44N2O6. The molecule has 1 amide bonds. The maximum absolute atomic E-state index is 11.5.